The van der Waals surface area contributed by atoms with Crippen molar-refractivity contribution in [3.8, 4) is 11.8 Å². The molecule has 0 fully saturated rings. The van der Waals surface area contributed by atoms with Crippen molar-refractivity contribution >= 4 is 28.2 Å². The topological polar surface area (TPSA) is 97.0 Å². The maximum absolute atomic E-state index is 13.7. The number of hydrogen-bond donors (Lipinski definition) is 1. The van der Waals surface area contributed by atoms with Crippen LogP contribution in [-0.2, 0) is 23.8 Å². The number of carbonyl (C=O) groups is 2. The number of nitriles is 1. The van der Waals surface area contributed by atoms with Crippen LogP contribution in [-0.4, -0.2) is 28.3 Å². The number of aryl methyl sites for hydroxylation is 1. The van der Waals surface area contributed by atoms with E-state index in [-0.39, 0.29) is 17.9 Å². The minimum Gasteiger partial charge on any atom is -0.462 e. The van der Waals surface area contributed by atoms with Gasteiger partial charge < -0.3 is 10.1 Å². The lowest BCUT2D eigenvalue weighted by atomic mass is 9.96. The fourth-order valence-electron chi connectivity index (χ4n) is 3.88. The third-order valence-corrected chi connectivity index (χ3v) is 6.62. The maximum Gasteiger partial charge on any atom is 0.434 e. The van der Waals surface area contributed by atoms with Crippen molar-refractivity contribution in [1.82, 2.24) is 9.78 Å². The summed E-state index contributed by atoms with van der Waals surface area (Å²) in [5.74, 6) is -1.60. The lowest BCUT2D eigenvalue weighted by Crippen LogP contribution is -2.18. The minimum absolute atomic E-state index is 0.0173. The van der Waals surface area contributed by atoms with E-state index in [0.717, 1.165) is 42.3 Å². The van der Waals surface area contributed by atoms with E-state index in [1.165, 1.54) is 42.5 Å². The number of nitrogens with one attached hydrogen (secondary N) is 1. The standard InChI is InChI=1S/C23H19F3N4O3S/c1-2-33-22(32)17-12-28-30(19(17)23(24,25)26)14-9-7-13(8-10-14)20(31)29-21-16(11-27)15-5-3-4-6-18(15)34-21/h7-10,12H,2-6H2,1H3,(H,29,31). The molecule has 0 spiro atoms. The van der Waals surface area contributed by atoms with Crippen LogP contribution in [0.15, 0.2) is 30.5 Å². The van der Waals surface area contributed by atoms with Gasteiger partial charge in [0.05, 0.1) is 24.1 Å². The SMILES string of the molecule is CCOC(=O)c1cnn(-c2ccc(C(=O)Nc3sc4c(c3C#N)CCCC4)cc2)c1C(F)(F)F. The molecule has 3 aromatic rings. The molecular formula is C23H19F3N4O3S. The average Bonchev–Trinajstić information content (AvgIpc) is 3.41. The summed E-state index contributed by atoms with van der Waals surface area (Å²) >= 11 is 1.39. The number of ether oxygens (including phenoxy) is 1. The number of rotatable bonds is 5. The van der Waals surface area contributed by atoms with E-state index >= 15 is 0 Å². The number of aromatic nitrogens is 2. The summed E-state index contributed by atoms with van der Waals surface area (Å²) in [6, 6.07) is 7.49. The first-order valence-corrected chi connectivity index (χ1v) is 11.3. The van der Waals surface area contributed by atoms with Crippen molar-refractivity contribution in [2.75, 3.05) is 11.9 Å². The van der Waals surface area contributed by atoms with E-state index in [4.69, 9.17) is 4.74 Å². The van der Waals surface area contributed by atoms with Gasteiger partial charge in [-0.05, 0) is 62.4 Å². The normalized spacial score (nSPS) is 13.1. The van der Waals surface area contributed by atoms with Gasteiger partial charge in [0.2, 0.25) is 0 Å². The van der Waals surface area contributed by atoms with Gasteiger partial charge >= 0.3 is 12.1 Å². The Hall–Kier alpha value is -3.65. The van der Waals surface area contributed by atoms with Crippen molar-refractivity contribution in [2.24, 2.45) is 0 Å². The van der Waals surface area contributed by atoms with Crippen LogP contribution in [0.5, 0.6) is 0 Å². The van der Waals surface area contributed by atoms with E-state index in [1.54, 1.807) is 0 Å². The van der Waals surface area contributed by atoms with Gasteiger partial charge in [-0.1, -0.05) is 0 Å². The summed E-state index contributed by atoms with van der Waals surface area (Å²) in [6.45, 7) is 1.41. The molecule has 0 saturated heterocycles. The Morgan fingerprint density at radius 3 is 2.59 bits per heavy atom. The van der Waals surface area contributed by atoms with Gasteiger partial charge in [0.15, 0.2) is 5.69 Å². The average molecular weight is 488 g/mol. The van der Waals surface area contributed by atoms with Crippen molar-refractivity contribution in [2.45, 2.75) is 38.8 Å². The monoisotopic (exact) mass is 488 g/mol. The number of anilines is 1. The van der Waals surface area contributed by atoms with E-state index in [1.807, 2.05) is 0 Å². The highest BCUT2D eigenvalue weighted by Crippen LogP contribution is 2.38. The zero-order valence-corrected chi connectivity index (χ0v) is 18.8. The zero-order chi connectivity index (χ0) is 24.5. The molecule has 0 saturated carbocycles. The lowest BCUT2D eigenvalue weighted by Gasteiger charge is -2.13. The molecule has 1 amide bonds. The van der Waals surface area contributed by atoms with Gasteiger partial charge in [-0.25, -0.2) is 9.48 Å². The second kappa shape index (κ2) is 9.30. The van der Waals surface area contributed by atoms with Crippen LogP contribution in [0.3, 0.4) is 0 Å². The molecule has 1 aliphatic carbocycles. The Bertz CT molecular complexity index is 1290. The molecule has 7 nitrogen and oxygen atoms in total. The summed E-state index contributed by atoms with van der Waals surface area (Å²) in [7, 11) is 0. The molecular weight excluding hydrogens is 469 g/mol. The molecule has 34 heavy (non-hydrogen) atoms. The van der Waals surface area contributed by atoms with Crippen molar-refractivity contribution < 1.29 is 27.5 Å². The first-order chi connectivity index (χ1) is 16.2. The van der Waals surface area contributed by atoms with Crippen LogP contribution in [0.4, 0.5) is 18.2 Å². The number of nitrogens with zero attached hydrogens (tertiary/aromatic N) is 3. The molecule has 4 rings (SSSR count). The number of fused-ring (bicyclic) bond motifs is 1. The van der Waals surface area contributed by atoms with Crippen LogP contribution < -0.4 is 5.32 Å². The van der Waals surface area contributed by atoms with E-state index in [9.17, 15) is 28.0 Å². The van der Waals surface area contributed by atoms with Crippen molar-refractivity contribution in [3.05, 3.63) is 63.3 Å². The highest BCUT2D eigenvalue weighted by Gasteiger charge is 2.41. The molecule has 11 heteroatoms. The van der Waals surface area contributed by atoms with Gasteiger partial charge in [-0.3, -0.25) is 4.79 Å². The Morgan fingerprint density at radius 1 is 1.24 bits per heavy atom. The fourth-order valence-corrected chi connectivity index (χ4v) is 5.11. The number of esters is 1. The maximum atomic E-state index is 13.7. The van der Waals surface area contributed by atoms with Gasteiger partial charge in [-0.15, -0.1) is 11.3 Å². The number of benzene rings is 1. The smallest absolute Gasteiger partial charge is 0.434 e. The summed E-state index contributed by atoms with van der Waals surface area (Å²) in [5.41, 5.74) is -0.274. The van der Waals surface area contributed by atoms with Crippen LogP contribution in [0.2, 0.25) is 0 Å². The highest BCUT2D eigenvalue weighted by atomic mass is 32.1. The molecule has 176 valence electrons. The molecule has 1 aliphatic rings. The lowest BCUT2D eigenvalue weighted by molar-refractivity contribution is -0.143. The third-order valence-electron chi connectivity index (χ3n) is 5.42. The van der Waals surface area contributed by atoms with Gasteiger partial charge in [-0.2, -0.15) is 23.5 Å². The first-order valence-electron chi connectivity index (χ1n) is 10.5. The van der Waals surface area contributed by atoms with E-state index in [0.29, 0.717) is 15.2 Å². The number of hydrogen-bond acceptors (Lipinski definition) is 6. The highest BCUT2D eigenvalue weighted by molar-refractivity contribution is 7.16. The molecule has 0 atom stereocenters. The zero-order valence-electron chi connectivity index (χ0n) is 18.0. The Balaban J connectivity index is 1.60. The van der Waals surface area contributed by atoms with Crippen molar-refractivity contribution in [3.63, 3.8) is 0 Å². The Morgan fingerprint density at radius 2 is 1.94 bits per heavy atom. The van der Waals surface area contributed by atoms with Gasteiger partial charge in [0, 0.05) is 10.4 Å². The summed E-state index contributed by atoms with van der Waals surface area (Å²) in [5, 5.41) is 16.5. The molecule has 2 heterocycles. The largest absolute Gasteiger partial charge is 0.462 e. The molecule has 0 bridgehead atoms. The van der Waals surface area contributed by atoms with Crippen LogP contribution in [0.25, 0.3) is 5.69 Å². The Kier molecular flexibility index (Phi) is 6.43. The molecule has 2 aromatic heterocycles. The Labute approximate surface area is 196 Å². The van der Waals surface area contributed by atoms with Crippen LogP contribution >= 0.6 is 11.3 Å². The number of halogens is 3. The van der Waals surface area contributed by atoms with E-state index < -0.39 is 29.3 Å². The second-order valence-electron chi connectivity index (χ2n) is 7.56. The predicted octanol–water partition coefficient (Wildman–Crippen LogP) is 5.13. The summed E-state index contributed by atoms with van der Waals surface area (Å²) in [6.07, 6.45) is -0.335. The summed E-state index contributed by atoms with van der Waals surface area (Å²) in [4.78, 5) is 25.8. The summed E-state index contributed by atoms with van der Waals surface area (Å²) < 4.78 is 46.4. The predicted molar refractivity (Wildman–Crippen MR) is 118 cm³/mol. The molecule has 0 aliphatic heterocycles. The van der Waals surface area contributed by atoms with Crippen molar-refractivity contribution in [1.29, 1.82) is 5.26 Å². The fraction of sp³-hybridized carbons (Fsp3) is 0.304. The molecule has 1 aromatic carbocycles. The first kappa shape index (κ1) is 23.5. The molecule has 0 radical (unpaired) electrons. The van der Waals surface area contributed by atoms with E-state index in [2.05, 4.69) is 16.5 Å². The van der Waals surface area contributed by atoms with Crippen LogP contribution in [0.1, 0.15) is 62.2 Å². The quantitative estimate of drug-likeness (QED) is 0.502. The number of carbonyl (C=O) groups excluding carboxylic acids is 2. The van der Waals surface area contributed by atoms with Gasteiger partial charge in [0.25, 0.3) is 5.91 Å². The number of thiophene rings is 1. The third kappa shape index (κ3) is 4.41. The number of amides is 1. The molecule has 0 unspecified atom stereocenters. The van der Waals surface area contributed by atoms with Crippen LogP contribution in [0, 0.1) is 11.3 Å². The molecule has 1 N–H and O–H groups in total. The second-order valence-corrected chi connectivity index (χ2v) is 8.67. The minimum atomic E-state index is -4.86. The van der Waals surface area contributed by atoms with Gasteiger partial charge in [0.1, 0.15) is 16.6 Å². The number of alkyl halides is 3.